The summed E-state index contributed by atoms with van der Waals surface area (Å²) in [5.74, 6) is -1.52. The van der Waals surface area contributed by atoms with Gasteiger partial charge < -0.3 is 10.1 Å². The SMILES string of the molecule is O=C(O[C@@H](C(=O)c1ccccc1)[C@H](Br)c1ccccc1)c1cccc(NC(=O)c2ccc(Cl)cc2Cl)c1. The normalized spacial score (nSPS) is 12.3. The molecule has 4 aromatic rings. The highest BCUT2D eigenvalue weighted by Gasteiger charge is 2.32. The summed E-state index contributed by atoms with van der Waals surface area (Å²) in [5, 5.41) is 3.32. The molecule has 0 aliphatic carbocycles. The van der Waals surface area contributed by atoms with Crippen LogP contribution in [0.25, 0.3) is 0 Å². The molecule has 1 amide bonds. The molecule has 0 aliphatic rings. The van der Waals surface area contributed by atoms with Crippen LogP contribution in [0, 0.1) is 0 Å². The van der Waals surface area contributed by atoms with Gasteiger partial charge in [0.25, 0.3) is 5.91 Å². The third-order valence-corrected chi connectivity index (χ3v) is 7.02. The quantitative estimate of drug-likeness (QED) is 0.128. The lowest BCUT2D eigenvalue weighted by molar-refractivity contribution is 0.0282. The topological polar surface area (TPSA) is 72.5 Å². The minimum absolute atomic E-state index is 0.165. The van der Waals surface area contributed by atoms with E-state index < -0.39 is 22.8 Å². The number of Topliss-reactive ketones (excluding diaryl/α,β-unsaturated/α-hetero) is 1. The van der Waals surface area contributed by atoms with E-state index in [1.165, 1.54) is 18.2 Å². The number of benzene rings is 4. The van der Waals surface area contributed by atoms with Crippen molar-refractivity contribution in [2.45, 2.75) is 10.9 Å². The third-order valence-electron chi connectivity index (χ3n) is 5.47. The Balaban J connectivity index is 1.56. The Morgan fingerprint density at radius 3 is 2.08 bits per heavy atom. The van der Waals surface area contributed by atoms with Gasteiger partial charge in [0.1, 0.15) is 0 Å². The average Bonchev–Trinajstić information content (AvgIpc) is 2.92. The van der Waals surface area contributed by atoms with Crippen molar-refractivity contribution in [3.63, 3.8) is 0 Å². The van der Waals surface area contributed by atoms with E-state index in [-0.39, 0.29) is 21.9 Å². The van der Waals surface area contributed by atoms with Crippen molar-refractivity contribution in [1.29, 1.82) is 0 Å². The molecule has 0 heterocycles. The van der Waals surface area contributed by atoms with Gasteiger partial charge >= 0.3 is 5.97 Å². The first-order valence-corrected chi connectivity index (χ1v) is 12.9. The molecule has 8 heteroatoms. The summed E-state index contributed by atoms with van der Waals surface area (Å²) in [6, 6.07) is 28.7. The van der Waals surface area contributed by atoms with Crippen molar-refractivity contribution in [2.24, 2.45) is 0 Å². The Kier molecular flexibility index (Phi) is 8.77. The number of nitrogens with one attached hydrogen (secondary N) is 1. The molecule has 1 N–H and O–H groups in total. The molecule has 0 radical (unpaired) electrons. The molecular formula is C29H20BrCl2NO4. The fourth-order valence-corrected chi connectivity index (χ4v) is 4.75. The molecule has 0 fully saturated rings. The molecule has 4 rings (SSSR count). The molecule has 0 aliphatic heterocycles. The number of anilines is 1. The molecule has 0 aromatic heterocycles. The van der Waals surface area contributed by atoms with E-state index in [0.717, 1.165) is 5.56 Å². The summed E-state index contributed by atoms with van der Waals surface area (Å²) in [6.45, 7) is 0. The number of carbonyl (C=O) groups excluding carboxylic acids is 3. The Morgan fingerprint density at radius 2 is 1.41 bits per heavy atom. The minimum Gasteiger partial charge on any atom is -0.449 e. The molecule has 2 atom stereocenters. The molecule has 0 spiro atoms. The van der Waals surface area contributed by atoms with Crippen molar-refractivity contribution in [3.05, 3.63) is 135 Å². The van der Waals surface area contributed by atoms with Gasteiger partial charge in [-0.25, -0.2) is 4.79 Å². The Hall–Kier alpha value is -3.45. The zero-order chi connectivity index (χ0) is 26.4. The Labute approximate surface area is 232 Å². The van der Waals surface area contributed by atoms with Crippen LogP contribution in [0.5, 0.6) is 0 Å². The maximum Gasteiger partial charge on any atom is 0.338 e. The summed E-state index contributed by atoms with van der Waals surface area (Å²) in [5.41, 5.74) is 1.96. The number of ether oxygens (including phenoxy) is 1. The number of rotatable bonds is 8. The number of halogens is 3. The molecular weight excluding hydrogens is 577 g/mol. The van der Waals surface area contributed by atoms with E-state index >= 15 is 0 Å². The van der Waals surface area contributed by atoms with Crippen LogP contribution < -0.4 is 5.32 Å². The molecule has 0 bridgehead atoms. The number of esters is 1. The first-order valence-electron chi connectivity index (χ1n) is 11.2. The minimum atomic E-state index is -1.14. The van der Waals surface area contributed by atoms with Crippen LogP contribution in [0.3, 0.4) is 0 Å². The maximum absolute atomic E-state index is 13.4. The van der Waals surface area contributed by atoms with Crippen LogP contribution in [0.15, 0.2) is 103 Å². The zero-order valence-corrected chi connectivity index (χ0v) is 22.3. The summed E-state index contributed by atoms with van der Waals surface area (Å²) >= 11 is 15.6. The van der Waals surface area contributed by atoms with Gasteiger partial charge in [0.05, 0.1) is 21.0 Å². The summed E-state index contributed by atoms with van der Waals surface area (Å²) in [4.78, 5) is 38.7. The van der Waals surface area contributed by atoms with Gasteiger partial charge in [-0.1, -0.05) is 106 Å². The lowest BCUT2D eigenvalue weighted by Crippen LogP contribution is -2.31. The molecule has 37 heavy (non-hydrogen) atoms. The number of ketones is 1. The molecule has 0 saturated carbocycles. The number of hydrogen-bond acceptors (Lipinski definition) is 4. The van der Waals surface area contributed by atoms with Gasteiger partial charge in [0.15, 0.2) is 6.10 Å². The van der Waals surface area contributed by atoms with Crippen LogP contribution >= 0.6 is 39.1 Å². The van der Waals surface area contributed by atoms with Crippen LogP contribution in [-0.4, -0.2) is 23.8 Å². The third kappa shape index (κ3) is 6.66. The molecule has 186 valence electrons. The maximum atomic E-state index is 13.4. The summed E-state index contributed by atoms with van der Waals surface area (Å²) in [7, 11) is 0. The monoisotopic (exact) mass is 595 g/mol. The number of amides is 1. The van der Waals surface area contributed by atoms with Gasteiger partial charge in [0.2, 0.25) is 5.78 Å². The lowest BCUT2D eigenvalue weighted by atomic mass is 9.99. The van der Waals surface area contributed by atoms with Crippen molar-refractivity contribution in [2.75, 3.05) is 5.32 Å². The Morgan fingerprint density at radius 1 is 0.757 bits per heavy atom. The first kappa shape index (κ1) is 26.6. The second kappa shape index (κ2) is 12.2. The second-order valence-electron chi connectivity index (χ2n) is 8.03. The number of hydrogen-bond donors (Lipinski definition) is 1. The molecule has 0 saturated heterocycles. The first-order chi connectivity index (χ1) is 17.8. The molecule has 5 nitrogen and oxygen atoms in total. The van der Waals surface area contributed by atoms with Crippen LogP contribution in [0.4, 0.5) is 5.69 Å². The van der Waals surface area contributed by atoms with Gasteiger partial charge in [-0.15, -0.1) is 0 Å². The van der Waals surface area contributed by atoms with Crippen LogP contribution in [-0.2, 0) is 4.74 Å². The summed E-state index contributed by atoms with van der Waals surface area (Å²) in [6.07, 6.45) is -1.14. The van der Waals surface area contributed by atoms with Crippen LogP contribution in [0.1, 0.15) is 41.5 Å². The largest absolute Gasteiger partial charge is 0.449 e. The smallest absolute Gasteiger partial charge is 0.338 e. The average molecular weight is 597 g/mol. The molecule has 4 aromatic carbocycles. The van der Waals surface area contributed by atoms with E-state index in [4.69, 9.17) is 27.9 Å². The predicted molar refractivity (Wildman–Crippen MR) is 149 cm³/mol. The van der Waals surface area contributed by atoms with Gasteiger partial charge in [-0.2, -0.15) is 0 Å². The van der Waals surface area contributed by atoms with Crippen LogP contribution in [0.2, 0.25) is 10.0 Å². The fourth-order valence-electron chi connectivity index (χ4n) is 3.60. The predicted octanol–water partition coefficient (Wildman–Crippen LogP) is 7.79. The zero-order valence-electron chi connectivity index (χ0n) is 19.2. The van der Waals surface area contributed by atoms with Gasteiger partial charge in [-0.05, 0) is 42.0 Å². The van der Waals surface area contributed by atoms with Crippen molar-refractivity contribution in [1.82, 2.24) is 0 Å². The van der Waals surface area contributed by atoms with E-state index in [9.17, 15) is 14.4 Å². The van der Waals surface area contributed by atoms with Gasteiger partial charge in [0, 0.05) is 16.3 Å². The van der Waals surface area contributed by atoms with E-state index in [1.54, 1.807) is 54.6 Å². The van der Waals surface area contributed by atoms with Crippen molar-refractivity contribution >= 4 is 62.5 Å². The highest BCUT2D eigenvalue weighted by atomic mass is 79.9. The standard InChI is InChI=1S/C29H20BrCl2NO4/c30-25(18-8-3-1-4-9-18)27(26(34)19-10-5-2-6-11-19)37-29(36)20-12-7-13-22(16-20)33-28(35)23-15-14-21(31)17-24(23)32/h1-17,25,27H,(H,33,35)/t25-,27-/m1/s1. The number of carbonyl (C=O) groups is 3. The summed E-state index contributed by atoms with van der Waals surface area (Å²) < 4.78 is 5.76. The second-order valence-corrected chi connectivity index (χ2v) is 9.86. The molecule has 0 unspecified atom stereocenters. The van der Waals surface area contributed by atoms with Gasteiger partial charge in [-0.3, -0.25) is 9.59 Å². The number of alkyl halides is 1. The highest BCUT2D eigenvalue weighted by molar-refractivity contribution is 9.09. The fraction of sp³-hybridized carbons (Fsp3) is 0.0690. The van der Waals surface area contributed by atoms with E-state index in [0.29, 0.717) is 16.3 Å². The highest BCUT2D eigenvalue weighted by Crippen LogP contribution is 2.31. The van der Waals surface area contributed by atoms with Crippen molar-refractivity contribution in [3.8, 4) is 0 Å². The lowest BCUT2D eigenvalue weighted by Gasteiger charge is -2.22. The Bertz CT molecular complexity index is 1430. The van der Waals surface area contributed by atoms with E-state index in [2.05, 4.69) is 21.2 Å². The van der Waals surface area contributed by atoms with Crippen molar-refractivity contribution < 1.29 is 19.1 Å². The van der Waals surface area contributed by atoms with E-state index in [1.807, 2.05) is 30.3 Å².